The maximum atomic E-state index is 6.29. The Morgan fingerprint density at radius 3 is 2.73 bits per heavy atom. The molecule has 0 unspecified atom stereocenters. The second-order valence-electron chi connectivity index (χ2n) is 5.50. The molecule has 0 saturated heterocycles. The molecule has 0 fully saturated rings. The van der Waals surface area contributed by atoms with Gasteiger partial charge in [0.05, 0.1) is 17.7 Å². The molecule has 0 radical (unpaired) electrons. The van der Waals surface area contributed by atoms with Gasteiger partial charge in [0.1, 0.15) is 5.75 Å². The van der Waals surface area contributed by atoms with Gasteiger partial charge in [0.25, 0.3) is 0 Å². The zero-order chi connectivity index (χ0) is 16.1. The quantitative estimate of drug-likeness (QED) is 0.774. The first-order valence-corrected chi connectivity index (χ1v) is 7.78. The van der Waals surface area contributed by atoms with E-state index in [9.17, 15) is 0 Å². The number of nitrogens with zero attached hydrogens (tertiary/aromatic N) is 3. The van der Waals surface area contributed by atoms with Gasteiger partial charge in [0.2, 0.25) is 5.89 Å². The summed E-state index contributed by atoms with van der Waals surface area (Å²) in [6.45, 7) is 7.27. The second kappa shape index (κ2) is 7.61. The van der Waals surface area contributed by atoms with Crippen molar-refractivity contribution in [2.24, 2.45) is 0 Å². The Morgan fingerprint density at radius 1 is 1.36 bits per heavy atom. The van der Waals surface area contributed by atoms with Crippen LogP contribution < -0.4 is 4.74 Å². The topological polar surface area (TPSA) is 51.4 Å². The van der Waals surface area contributed by atoms with Crippen LogP contribution in [0.1, 0.15) is 37.5 Å². The first kappa shape index (κ1) is 16.8. The number of aromatic nitrogens is 2. The largest absolute Gasteiger partial charge is 0.489 e. The van der Waals surface area contributed by atoms with E-state index in [1.807, 2.05) is 32.2 Å². The molecule has 0 aliphatic carbocycles. The first-order chi connectivity index (χ1) is 10.5. The number of benzene rings is 1. The van der Waals surface area contributed by atoms with E-state index in [1.54, 1.807) is 6.92 Å². The number of aryl methyl sites for hydroxylation is 1. The predicted octanol–water partition coefficient (Wildman–Crippen LogP) is 3.84. The number of ether oxygens (including phenoxy) is 1. The summed E-state index contributed by atoms with van der Waals surface area (Å²) in [5.41, 5.74) is 1.12. The summed E-state index contributed by atoms with van der Waals surface area (Å²) in [5, 5.41) is 4.54. The van der Waals surface area contributed by atoms with E-state index in [0.29, 0.717) is 23.3 Å². The number of rotatable bonds is 7. The minimum absolute atomic E-state index is 0.160. The van der Waals surface area contributed by atoms with Gasteiger partial charge in [-0.3, -0.25) is 4.90 Å². The van der Waals surface area contributed by atoms with E-state index in [0.717, 1.165) is 24.3 Å². The fourth-order valence-electron chi connectivity index (χ4n) is 2.05. The summed E-state index contributed by atoms with van der Waals surface area (Å²) in [6, 6.07) is 5.90. The van der Waals surface area contributed by atoms with Gasteiger partial charge in [-0.05, 0) is 38.1 Å². The Hall–Kier alpha value is -1.59. The standard InChI is InChI=1S/C16H22ClN3O2/c1-5-11(2)21-15-7-6-13(8-14(15)17)9-20(4)10-16-18-12(3)22-19-16/h6-8,11H,5,9-10H2,1-4H3/t11-/m0/s1. The minimum Gasteiger partial charge on any atom is -0.489 e. The molecule has 0 saturated carbocycles. The maximum absolute atomic E-state index is 6.29. The second-order valence-corrected chi connectivity index (χ2v) is 5.91. The average molecular weight is 324 g/mol. The number of hydrogen-bond donors (Lipinski definition) is 0. The molecule has 120 valence electrons. The van der Waals surface area contributed by atoms with Crippen LogP contribution >= 0.6 is 11.6 Å². The third kappa shape index (κ3) is 4.71. The van der Waals surface area contributed by atoms with Gasteiger partial charge in [-0.1, -0.05) is 29.7 Å². The maximum Gasteiger partial charge on any atom is 0.223 e. The molecule has 5 nitrogen and oxygen atoms in total. The minimum atomic E-state index is 0.160. The van der Waals surface area contributed by atoms with Crippen LogP contribution in [0.5, 0.6) is 5.75 Å². The molecule has 2 rings (SSSR count). The average Bonchev–Trinajstić information content (AvgIpc) is 2.86. The van der Waals surface area contributed by atoms with Crippen molar-refractivity contribution in [3.63, 3.8) is 0 Å². The SMILES string of the molecule is CC[C@H](C)Oc1ccc(CN(C)Cc2noc(C)n2)cc1Cl. The van der Waals surface area contributed by atoms with Gasteiger partial charge >= 0.3 is 0 Å². The van der Waals surface area contributed by atoms with E-state index in [-0.39, 0.29) is 6.10 Å². The van der Waals surface area contributed by atoms with Crippen LogP contribution in [0.25, 0.3) is 0 Å². The van der Waals surface area contributed by atoms with Gasteiger partial charge in [-0.15, -0.1) is 0 Å². The van der Waals surface area contributed by atoms with E-state index >= 15 is 0 Å². The van der Waals surface area contributed by atoms with E-state index in [2.05, 4.69) is 22.0 Å². The summed E-state index contributed by atoms with van der Waals surface area (Å²) >= 11 is 6.29. The third-order valence-electron chi connectivity index (χ3n) is 3.33. The highest BCUT2D eigenvalue weighted by atomic mass is 35.5. The van der Waals surface area contributed by atoms with Crippen LogP contribution in [0.2, 0.25) is 5.02 Å². The summed E-state index contributed by atoms with van der Waals surface area (Å²) in [6.07, 6.45) is 1.11. The van der Waals surface area contributed by atoms with Gasteiger partial charge in [-0.25, -0.2) is 0 Å². The molecule has 1 atom stereocenters. The third-order valence-corrected chi connectivity index (χ3v) is 3.63. The lowest BCUT2D eigenvalue weighted by atomic mass is 10.2. The van der Waals surface area contributed by atoms with Gasteiger partial charge in [0.15, 0.2) is 5.82 Å². The van der Waals surface area contributed by atoms with Gasteiger partial charge in [-0.2, -0.15) is 4.98 Å². The summed E-state index contributed by atoms with van der Waals surface area (Å²) in [7, 11) is 2.00. The van der Waals surface area contributed by atoms with Crippen molar-refractivity contribution in [1.29, 1.82) is 0 Å². The van der Waals surface area contributed by atoms with Crippen molar-refractivity contribution in [2.45, 2.75) is 46.4 Å². The first-order valence-electron chi connectivity index (χ1n) is 7.40. The normalized spacial score (nSPS) is 12.6. The molecular weight excluding hydrogens is 302 g/mol. The molecule has 1 heterocycles. The summed E-state index contributed by atoms with van der Waals surface area (Å²) in [4.78, 5) is 6.30. The van der Waals surface area contributed by atoms with Crippen LogP contribution in [0.3, 0.4) is 0 Å². The lowest BCUT2D eigenvalue weighted by Gasteiger charge is -2.17. The monoisotopic (exact) mass is 323 g/mol. The zero-order valence-corrected chi connectivity index (χ0v) is 14.2. The van der Waals surface area contributed by atoms with Gasteiger partial charge in [0, 0.05) is 13.5 Å². The fraction of sp³-hybridized carbons (Fsp3) is 0.500. The Kier molecular flexibility index (Phi) is 5.80. The lowest BCUT2D eigenvalue weighted by molar-refractivity contribution is 0.217. The molecule has 22 heavy (non-hydrogen) atoms. The zero-order valence-electron chi connectivity index (χ0n) is 13.5. The van der Waals surface area contributed by atoms with Crippen molar-refractivity contribution in [3.05, 3.63) is 40.5 Å². The Labute approximate surface area is 136 Å². The molecule has 0 amide bonds. The van der Waals surface area contributed by atoms with Crippen molar-refractivity contribution < 1.29 is 9.26 Å². The van der Waals surface area contributed by atoms with E-state index in [1.165, 1.54) is 0 Å². The van der Waals surface area contributed by atoms with E-state index in [4.69, 9.17) is 20.9 Å². The Morgan fingerprint density at radius 2 is 2.14 bits per heavy atom. The molecule has 0 N–H and O–H groups in total. The van der Waals surface area contributed by atoms with Crippen LogP contribution in [-0.4, -0.2) is 28.2 Å². The van der Waals surface area contributed by atoms with Crippen LogP contribution in [0, 0.1) is 6.92 Å². The van der Waals surface area contributed by atoms with Crippen LogP contribution in [-0.2, 0) is 13.1 Å². The summed E-state index contributed by atoms with van der Waals surface area (Å²) in [5.74, 6) is 2.00. The van der Waals surface area contributed by atoms with Gasteiger partial charge < -0.3 is 9.26 Å². The molecule has 0 spiro atoms. The molecule has 0 aliphatic rings. The molecule has 0 aliphatic heterocycles. The van der Waals surface area contributed by atoms with Crippen molar-refractivity contribution in [2.75, 3.05) is 7.05 Å². The Bertz CT molecular complexity index is 615. The van der Waals surface area contributed by atoms with Crippen LogP contribution in [0.4, 0.5) is 0 Å². The molecule has 0 bridgehead atoms. The Balaban J connectivity index is 1.96. The number of hydrogen-bond acceptors (Lipinski definition) is 5. The van der Waals surface area contributed by atoms with E-state index < -0.39 is 0 Å². The van der Waals surface area contributed by atoms with Crippen LogP contribution in [0.15, 0.2) is 22.7 Å². The number of halogens is 1. The molecule has 1 aromatic heterocycles. The smallest absolute Gasteiger partial charge is 0.223 e. The highest BCUT2D eigenvalue weighted by Gasteiger charge is 2.10. The fourth-order valence-corrected chi connectivity index (χ4v) is 2.30. The summed E-state index contributed by atoms with van der Waals surface area (Å²) < 4.78 is 10.7. The molecular formula is C16H22ClN3O2. The highest BCUT2D eigenvalue weighted by molar-refractivity contribution is 6.32. The lowest BCUT2D eigenvalue weighted by Crippen LogP contribution is -2.18. The van der Waals surface area contributed by atoms with Crippen molar-refractivity contribution >= 4 is 11.6 Å². The van der Waals surface area contributed by atoms with Crippen molar-refractivity contribution in [3.8, 4) is 5.75 Å². The molecule has 6 heteroatoms. The highest BCUT2D eigenvalue weighted by Crippen LogP contribution is 2.27. The molecule has 2 aromatic rings. The predicted molar refractivity (Wildman–Crippen MR) is 86.0 cm³/mol. The van der Waals surface area contributed by atoms with Crippen molar-refractivity contribution in [1.82, 2.24) is 15.0 Å². The molecule has 1 aromatic carbocycles.